The molecule has 2 saturated heterocycles. The molecule has 0 aromatic heterocycles. The van der Waals surface area contributed by atoms with E-state index >= 15 is 0 Å². The molecule has 2 aliphatic rings. The van der Waals surface area contributed by atoms with Gasteiger partial charge in [-0.1, -0.05) is 6.92 Å². The monoisotopic (exact) mass is 319 g/mol. The number of nitrogens with zero attached hydrogens (tertiary/aromatic N) is 3. The standard InChI is InChI=1S/C13H25N3O4S/c1-2-6-14-8-10-15(11-9-14)21(19,20)16-7-4-3-5-12(16)13(17)18/h12H,2-11H2,1H3,(H,17,18). The van der Waals surface area contributed by atoms with Crippen LogP contribution in [0, 0.1) is 0 Å². The van der Waals surface area contributed by atoms with Crippen LogP contribution in [0.4, 0.5) is 0 Å². The van der Waals surface area contributed by atoms with Crippen molar-refractivity contribution >= 4 is 16.2 Å². The van der Waals surface area contributed by atoms with Gasteiger partial charge in [0.05, 0.1) is 0 Å². The maximum Gasteiger partial charge on any atom is 0.322 e. The third-order valence-electron chi connectivity index (χ3n) is 4.23. The molecular formula is C13H25N3O4S. The van der Waals surface area contributed by atoms with Crippen LogP contribution >= 0.6 is 0 Å². The van der Waals surface area contributed by atoms with E-state index in [9.17, 15) is 18.3 Å². The molecule has 0 radical (unpaired) electrons. The molecule has 2 heterocycles. The van der Waals surface area contributed by atoms with Crippen LogP contribution < -0.4 is 0 Å². The maximum absolute atomic E-state index is 12.7. The summed E-state index contributed by atoms with van der Waals surface area (Å²) < 4.78 is 28.0. The first-order valence-corrected chi connectivity index (χ1v) is 9.08. The first-order chi connectivity index (χ1) is 9.96. The summed E-state index contributed by atoms with van der Waals surface area (Å²) in [6, 6.07) is -0.905. The molecule has 21 heavy (non-hydrogen) atoms. The molecule has 0 saturated carbocycles. The zero-order valence-corrected chi connectivity index (χ0v) is 13.4. The molecule has 122 valence electrons. The van der Waals surface area contributed by atoms with Gasteiger partial charge in [0.1, 0.15) is 6.04 Å². The van der Waals surface area contributed by atoms with Crippen LogP contribution in [0.2, 0.25) is 0 Å². The third-order valence-corrected chi connectivity index (χ3v) is 6.28. The summed E-state index contributed by atoms with van der Waals surface area (Å²) in [5.41, 5.74) is 0. The van der Waals surface area contributed by atoms with Gasteiger partial charge in [-0.15, -0.1) is 0 Å². The van der Waals surface area contributed by atoms with Crippen LogP contribution in [0.1, 0.15) is 32.6 Å². The number of rotatable bonds is 5. The van der Waals surface area contributed by atoms with Crippen LogP contribution in [-0.2, 0) is 15.0 Å². The molecule has 2 aliphatic heterocycles. The second kappa shape index (κ2) is 7.04. The number of carboxylic acid groups (broad SMARTS) is 1. The van der Waals surface area contributed by atoms with Gasteiger partial charge in [0.15, 0.2) is 0 Å². The Balaban J connectivity index is 2.05. The quantitative estimate of drug-likeness (QED) is 0.783. The Morgan fingerprint density at radius 2 is 1.81 bits per heavy atom. The summed E-state index contributed by atoms with van der Waals surface area (Å²) in [7, 11) is -3.66. The molecule has 2 fully saturated rings. The Labute approximate surface area is 126 Å². The van der Waals surface area contributed by atoms with E-state index in [1.165, 1.54) is 8.61 Å². The van der Waals surface area contributed by atoms with Gasteiger partial charge in [-0.2, -0.15) is 17.0 Å². The predicted molar refractivity (Wildman–Crippen MR) is 79.2 cm³/mol. The predicted octanol–water partition coefficient (Wildman–Crippen LogP) is 0.198. The fourth-order valence-corrected chi connectivity index (χ4v) is 4.87. The molecule has 0 amide bonds. The van der Waals surface area contributed by atoms with Crippen molar-refractivity contribution in [3.63, 3.8) is 0 Å². The zero-order chi connectivity index (χ0) is 15.5. The molecule has 8 heteroatoms. The average molecular weight is 319 g/mol. The fourth-order valence-electron chi connectivity index (χ4n) is 3.08. The minimum absolute atomic E-state index is 0.314. The van der Waals surface area contributed by atoms with Gasteiger partial charge in [-0.05, 0) is 32.2 Å². The largest absolute Gasteiger partial charge is 0.480 e. The first-order valence-electron chi connectivity index (χ1n) is 7.69. The van der Waals surface area contributed by atoms with Crippen molar-refractivity contribution in [1.29, 1.82) is 0 Å². The summed E-state index contributed by atoms with van der Waals surface area (Å²) in [4.78, 5) is 13.5. The number of piperidine rings is 1. The Kier molecular flexibility index (Phi) is 5.59. The lowest BCUT2D eigenvalue weighted by atomic mass is 10.1. The van der Waals surface area contributed by atoms with Gasteiger partial charge < -0.3 is 10.0 Å². The molecule has 0 aromatic carbocycles. The van der Waals surface area contributed by atoms with Gasteiger partial charge in [-0.3, -0.25) is 4.79 Å². The number of hydrogen-bond donors (Lipinski definition) is 1. The molecule has 2 rings (SSSR count). The Morgan fingerprint density at radius 3 is 2.38 bits per heavy atom. The highest BCUT2D eigenvalue weighted by Gasteiger charge is 2.40. The summed E-state index contributed by atoms with van der Waals surface area (Å²) in [6.45, 7) is 5.74. The van der Waals surface area contributed by atoms with E-state index in [0.29, 0.717) is 26.1 Å². The Morgan fingerprint density at radius 1 is 1.14 bits per heavy atom. The highest BCUT2D eigenvalue weighted by Crippen LogP contribution is 2.23. The number of aliphatic carboxylic acids is 1. The van der Waals surface area contributed by atoms with Crippen molar-refractivity contribution in [3.8, 4) is 0 Å². The van der Waals surface area contributed by atoms with Crippen molar-refractivity contribution in [2.45, 2.75) is 38.6 Å². The molecular weight excluding hydrogens is 294 g/mol. The van der Waals surface area contributed by atoms with Crippen LogP contribution in [-0.4, -0.2) is 78.3 Å². The number of hydrogen-bond acceptors (Lipinski definition) is 4. The lowest BCUT2D eigenvalue weighted by molar-refractivity contribution is -0.142. The number of carboxylic acids is 1. The maximum atomic E-state index is 12.7. The highest BCUT2D eigenvalue weighted by atomic mass is 32.2. The van der Waals surface area contributed by atoms with Crippen molar-refractivity contribution < 1.29 is 18.3 Å². The number of carbonyl (C=O) groups is 1. The summed E-state index contributed by atoms with van der Waals surface area (Å²) >= 11 is 0. The first kappa shape index (κ1) is 16.7. The second-order valence-corrected chi connectivity index (χ2v) is 7.59. The average Bonchev–Trinajstić information content (AvgIpc) is 2.48. The van der Waals surface area contributed by atoms with E-state index in [1.54, 1.807) is 0 Å². The summed E-state index contributed by atoms with van der Waals surface area (Å²) in [5, 5.41) is 9.25. The summed E-state index contributed by atoms with van der Waals surface area (Å²) in [5.74, 6) is -1.04. The number of piperazine rings is 1. The van der Waals surface area contributed by atoms with E-state index in [-0.39, 0.29) is 0 Å². The van der Waals surface area contributed by atoms with Crippen molar-refractivity contribution in [2.75, 3.05) is 39.3 Å². The Hall–Kier alpha value is -0.700. The minimum atomic E-state index is -3.66. The van der Waals surface area contributed by atoms with E-state index in [1.807, 2.05) is 0 Å². The van der Waals surface area contributed by atoms with Crippen molar-refractivity contribution in [3.05, 3.63) is 0 Å². The fraction of sp³-hybridized carbons (Fsp3) is 0.923. The molecule has 0 spiro atoms. The van der Waals surface area contributed by atoms with E-state index in [2.05, 4.69) is 11.8 Å². The van der Waals surface area contributed by atoms with Gasteiger partial charge in [0.2, 0.25) is 0 Å². The Bertz CT molecular complexity index is 460. The van der Waals surface area contributed by atoms with E-state index < -0.39 is 22.2 Å². The zero-order valence-electron chi connectivity index (χ0n) is 12.6. The normalized spacial score (nSPS) is 26.8. The van der Waals surface area contributed by atoms with Gasteiger partial charge in [0.25, 0.3) is 10.2 Å². The molecule has 0 aromatic rings. The second-order valence-electron chi connectivity index (χ2n) is 5.71. The van der Waals surface area contributed by atoms with Gasteiger partial charge in [-0.25, -0.2) is 0 Å². The molecule has 0 bridgehead atoms. The molecule has 7 nitrogen and oxygen atoms in total. The van der Waals surface area contributed by atoms with Crippen LogP contribution in [0.25, 0.3) is 0 Å². The van der Waals surface area contributed by atoms with Gasteiger partial charge >= 0.3 is 5.97 Å². The van der Waals surface area contributed by atoms with Crippen LogP contribution in [0.5, 0.6) is 0 Å². The smallest absolute Gasteiger partial charge is 0.322 e. The molecule has 0 aliphatic carbocycles. The van der Waals surface area contributed by atoms with Crippen LogP contribution in [0.15, 0.2) is 0 Å². The van der Waals surface area contributed by atoms with Crippen LogP contribution in [0.3, 0.4) is 0 Å². The van der Waals surface area contributed by atoms with Gasteiger partial charge in [0, 0.05) is 32.7 Å². The lowest BCUT2D eigenvalue weighted by Gasteiger charge is -2.39. The SMILES string of the molecule is CCCN1CCN(S(=O)(=O)N2CCCCC2C(=O)O)CC1. The molecule has 1 unspecified atom stereocenters. The minimum Gasteiger partial charge on any atom is -0.480 e. The third kappa shape index (κ3) is 3.74. The van der Waals surface area contributed by atoms with Crippen molar-refractivity contribution in [2.24, 2.45) is 0 Å². The van der Waals surface area contributed by atoms with E-state index in [4.69, 9.17) is 0 Å². The highest BCUT2D eigenvalue weighted by molar-refractivity contribution is 7.86. The summed E-state index contributed by atoms with van der Waals surface area (Å²) in [6.07, 6.45) is 2.97. The topological polar surface area (TPSA) is 81.2 Å². The van der Waals surface area contributed by atoms with E-state index in [0.717, 1.165) is 38.9 Å². The van der Waals surface area contributed by atoms with Crippen molar-refractivity contribution in [1.82, 2.24) is 13.5 Å². The molecule has 1 N–H and O–H groups in total. The lowest BCUT2D eigenvalue weighted by Crippen LogP contribution is -2.57. The molecule has 1 atom stereocenters.